The monoisotopic (exact) mass is 555 g/mol. The number of carbonyl (C=O) groups is 2. The number of unbranched alkanes of at least 4 members (excludes halogenated alkanes) is 7. The molecule has 2 aliphatic rings. The van der Waals surface area contributed by atoms with E-state index in [-0.39, 0.29) is 30.2 Å². The van der Waals surface area contributed by atoms with Gasteiger partial charge in [0.25, 0.3) is 5.92 Å². The molecule has 0 radical (unpaired) electrons. The molecule has 9 nitrogen and oxygen atoms in total. The van der Waals surface area contributed by atoms with Gasteiger partial charge in [0, 0.05) is 12.1 Å². The third kappa shape index (κ3) is 13.3. The molecular weight excluding hydrogens is 508 g/mol. The molecular formula is C28H47F2N5O4. The Hall–Kier alpha value is -2.69. The van der Waals surface area contributed by atoms with Crippen LogP contribution in [0.1, 0.15) is 95.5 Å². The lowest BCUT2D eigenvalue weighted by Crippen LogP contribution is -2.56. The second-order valence-corrected chi connectivity index (χ2v) is 11.3. The van der Waals surface area contributed by atoms with Crippen molar-refractivity contribution in [2.24, 2.45) is 11.7 Å². The number of carbonyl (C=O) groups excluding carboxylic acids is 1. The number of nitrogens with zero attached hydrogens (tertiary/aromatic N) is 2. The number of aromatic carboxylic acids is 1. The standard InChI is InChI=1S/C15H33N3O.C13H14F2N2O3/c1-4-5-6-7-8-9-10-11-12-18-15(2,3)13-17-14(16)19;14-13(15)6-17(7-13)10-4-3-9(12(18)19)16-11(10)20-5-8-1-2-8/h18H,4-13H2,1-3H3,(H3,16,17,19);3-4,8H,1-2,5-7H2,(H,18,19). The number of carboxylic acids is 1. The third-order valence-corrected chi connectivity index (χ3v) is 6.74. The van der Waals surface area contributed by atoms with E-state index in [1.165, 1.54) is 68.4 Å². The lowest BCUT2D eigenvalue weighted by Gasteiger charge is -2.40. The Morgan fingerprint density at radius 1 is 1.13 bits per heavy atom. The number of hydrogen-bond acceptors (Lipinski definition) is 6. The van der Waals surface area contributed by atoms with E-state index >= 15 is 0 Å². The number of hydrogen-bond donors (Lipinski definition) is 4. The fourth-order valence-electron chi connectivity index (χ4n) is 4.12. The van der Waals surface area contributed by atoms with Crippen molar-refractivity contribution >= 4 is 17.7 Å². The van der Waals surface area contributed by atoms with E-state index < -0.39 is 17.9 Å². The summed E-state index contributed by atoms with van der Waals surface area (Å²) in [4.78, 5) is 26.9. The molecule has 1 saturated heterocycles. The molecule has 1 saturated carbocycles. The molecule has 5 N–H and O–H groups in total. The number of aromatic nitrogens is 1. The first kappa shape index (κ1) is 32.5. The van der Waals surface area contributed by atoms with Crippen molar-refractivity contribution < 1.29 is 28.2 Å². The van der Waals surface area contributed by atoms with Crippen molar-refractivity contribution in [2.75, 3.05) is 37.7 Å². The fourth-order valence-corrected chi connectivity index (χ4v) is 4.12. The zero-order valence-corrected chi connectivity index (χ0v) is 23.7. The van der Waals surface area contributed by atoms with Crippen molar-refractivity contribution in [1.29, 1.82) is 0 Å². The number of carboxylic acid groups (broad SMARTS) is 1. The number of anilines is 1. The lowest BCUT2D eigenvalue weighted by atomic mass is 10.0. The van der Waals surface area contributed by atoms with Crippen LogP contribution in [0.3, 0.4) is 0 Å². The number of halogens is 2. The molecule has 1 aromatic rings. The molecule has 2 amide bonds. The lowest BCUT2D eigenvalue weighted by molar-refractivity contribution is -0.0265. The van der Waals surface area contributed by atoms with Crippen molar-refractivity contribution in [2.45, 2.75) is 96.4 Å². The molecule has 39 heavy (non-hydrogen) atoms. The van der Waals surface area contributed by atoms with E-state index in [9.17, 15) is 18.4 Å². The smallest absolute Gasteiger partial charge is 0.354 e. The third-order valence-electron chi connectivity index (χ3n) is 6.74. The first-order valence-corrected chi connectivity index (χ1v) is 14.2. The average Bonchev–Trinajstić information content (AvgIpc) is 3.69. The minimum absolute atomic E-state index is 0.0871. The maximum Gasteiger partial charge on any atom is 0.354 e. The number of rotatable bonds is 17. The Morgan fingerprint density at radius 3 is 2.28 bits per heavy atom. The number of urea groups is 1. The van der Waals surface area contributed by atoms with Crippen molar-refractivity contribution in [3.63, 3.8) is 0 Å². The summed E-state index contributed by atoms with van der Waals surface area (Å²) in [5.74, 6) is -3.26. The van der Waals surface area contributed by atoms with E-state index in [2.05, 4.69) is 36.4 Å². The van der Waals surface area contributed by atoms with Gasteiger partial charge in [-0.2, -0.15) is 0 Å². The summed E-state index contributed by atoms with van der Waals surface area (Å²) in [6.07, 6.45) is 12.8. The first-order valence-electron chi connectivity index (χ1n) is 14.2. The molecule has 0 spiro atoms. The van der Waals surface area contributed by atoms with Gasteiger partial charge < -0.3 is 31.1 Å². The summed E-state index contributed by atoms with van der Waals surface area (Å²) in [7, 11) is 0. The topological polar surface area (TPSA) is 130 Å². The van der Waals surface area contributed by atoms with Gasteiger partial charge >= 0.3 is 12.0 Å². The summed E-state index contributed by atoms with van der Waals surface area (Å²) < 4.78 is 31.4. The minimum atomic E-state index is -2.70. The SMILES string of the molecule is CCCCCCCCCCNC(C)(C)CNC(N)=O.O=C(O)c1ccc(N2CC(F)(F)C2)c(OCC2CC2)n1. The van der Waals surface area contributed by atoms with Crippen molar-refractivity contribution in [3.8, 4) is 5.88 Å². The molecule has 1 aromatic heterocycles. The summed E-state index contributed by atoms with van der Waals surface area (Å²) in [5, 5.41) is 15.0. The van der Waals surface area contributed by atoms with Gasteiger partial charge in [-0.15, -0.1) is 0 Å². The normalized spacial score (nSPS) is 16.1. The molecule has 3 rings (SSSR count). The number of primary amides is 1. The summed E-state index contributed by atoms with van der Waals surface area (Å²) in [5.41, 5.74) is 5.26. The number of ether oxygens (including phenoxy) is 1. The predicted octanol–water partition coefficient (Wildman–Crippen LogP) is 5.19. The molecule has 0 unspecified atom stereocenters. The highest BCUT2D eigenvalue weighted by Gasteiger charge is 2.45. The van der Waals surface area contributed by atoms with Gasteiger partial charge in [-0.3, -0.25) is 0 Å². The van der Waals surface area contributed by atoms with Gasteiger partial charge in [-0.05, 0) is 57.7 Å². The molecule has 1 aliphatic carbocycles. The molecule has 222 valence electrons. The van der Waals surface area contributed by atoms with Crippen LogP contribution in [0.2, 0.25) is 0 Å². The van der Waals surface area contributed by atoms with Crippen LogP contribution in [-0.2, 0) is 0 Å². The highest BCUT2D eigenvalue weighted by atomic mass is 19.3. The number of pyridine rings is 1. The summed E-state index contributed by atoms with van der Waals surface area (Å²) in [6.45, 7) is 7.65. The number of nitrogens with two attached hydrogens (primary N) is 1. The molecule has 0 bridgehead atoms. The molecule has 2 fully saturated rings. The molecule has 1 aliphatic heterocycles. The molecule has 0 atom stereocenters. The number of alkyl halides is 2. The highest BCUT2D eigenvalue weighted by Crippen LogP contribution is 2.37. The van der Waals surface area contributed by atoms with Crippen LogP contribution in [0, 0.1) is 5.92 Å². The van der Waals surface area contributed by atoms with Crippen LogP contribution in [0.4, 0.5) is 19.3 Å². The van der Waals surface area contributed by atoms with Gasteiger partial charge in [-0.25, -0.2) is 23.4 Å². The summed E-state index contributed by atoms with van der Waals surface area (Å²) in [6, 6.07) is 2.33. The zero-order valence-electron chi connectivity index (χ0n) is 23.7. The Morgan fingerprint density at radius 2 is 1.74 bits per heavy atom. The quantitative estimate of drug-likeness (QED) is 0.195. The molecule has 2 heterocycles. The van der Waals surface area contributed by atoms with E-state index in [1.54, 1.807) is 0 Å². The Labute approximate surface area is 231 Å². The van der Waals surface area contributed by atoms with Gasteiger partial charge in [0.2, 0.25) is 5.88 Å². The summed E-state index contributed by atoms with van der Waals surface area (Å²) >= 11 is 0. The van der Waals surface area contributed by atoms with E-state index in [1.807, 2.05) is 0 Å². The van der Waals surface area contributed by atoms with Crippen LogP contribution in [0.25, 0.3) is 0 Å². The second kappa shape index (κ2) is 15.8. The van der Waals surface area contributed by atoms with Gasteiger partial charge in [-0.1, -0.05) is 51.9 Å². The fraction of sp³-hybridized carbons (Fsp3) is 0.750. The van der Waals surface area contributed by atoms with Gasteiger partial charge in [0.15, 0.2) is 5.69 Å². The largest absolute Gasteiger partial charge is 0.477 e. The Balaban J connectivity index is 0.000000274. The first-order chi connectivity index (χ1) is 18.4. The number of amides is 2. The van der Waals surface area contributed by atoms with E-state index in [0.717, 1.165) is 19.4 Å². The maximum atomic E-state index is 12.9. The van der Waals surface area contributed by atoms with Gasteiger partial charge in [0.05, 0.1) is 19.7 Å². The predicted molar refractivity (Wildman–Crippen MR) is 149 cm³/mol. The molecule has 0 aromatic carbocycles. The minimum Gasteiger partial charge on any atom is -0.477 e. The van der Waals surface area contributed by atoms with Crippen LogP contribution < -0.4 is 26.0 Å². The van der Waals surface area contributed by atoms with Gasteiger partial charge in [0.1, 0.15) is 5.69 Å². The van der Waals surface area contributed by atoms with E-state index in [0.29, 0.717) is 24.8 Å². The van der Waals surface area contributed by atoms with Crippen LogP contribution in [-0.4, -0.2) is 66.3 Å². The average molecular weight is 556 g/mol. The van der Waals surface area contributed by atoms with Crippen LogP contribution >= 0.6 is 0 Å². The highest BCUT2D eigenvalue weighted by molar-refractivity contribution is 5.86. The maximum absolute atomic E-state index is 12.9. The van der Waals surface area contributed by atoms with Crippen molar-refractivity contribution in [1.82, 2.24) is 15.6 Å². The Kier molecular flexibility index (Phi) is 13.2. The van der Waals surface area contributed by atoms with Crippen molar-refractivity contribution in [3.05, 3.63) is 17.8 Å². The number of nitrogens with one attached hydrogen (secondary N) is 2. The van der Waals surface area contributed by atoms with Crippen LogP contribution in [0.5, 0.6) is 5.88 Å². The van der Waals surface area contributed by atoms with E-state index in [4.69, 9.17) is 15.6 Å². The Bertz CT molecular complexity index is 904. The zero-order chi connectivity index (χ0) is 28.9. The molecule has 11 heteroatoms. The second-order valence-electron chi connectivity index (χ2n) is 11.3. The van der Waals surface area contributed by atoms with Crippen LogP contribution in [0.15, 0.2) is 12.1 Å².